The van der Waals surface area contributed by atoms with Crippen molar-refractivity contribution in [1.29, 1.82) is 0 Å². The zero-order valence-electron chi connectivity index (χ0n) is 16.0. The molecule has 2 N–H and O–H groups in total. The van der Waals surface area contributed by atoms with Crippen molar-refractivity contribution in [1.82, 2.24) is 19.9 Å². The molecule has 6 heteroatoms. The summed E-state index contributed by atoms with van der Waals surface area (Å²) in [6.07, 6.45) is 6.40. The van der Waals surface area contributed by atoms with Gasteiger partial charge in [0, 0.05) is 54.0 Å². The van der Waals surface area contributed by atoms with Crippen LogP contribution in [0.15, 0.2) is 48.8 Å². The molecule has 142 valence electrons. The molecule has 0 spiro atoms. The molecule has 0 radical (unpaired) electrons. The van der Waals surface area contributed by atoms with E-state index < -0.39 is 5.60 Å². The molecule has 6 nitrogen and oxygen atoms in total. The Balaban J connectivity index is 1.59. The number of aryl methyl sites for hydroxylation is 1. The highest BCUT2D eigenvalue weighted by atomic mass is 16.5. The zero-order valence-corrected chi connectivity index (χ0v) is 16.0. The standard InChI is InChI=1S/C22H22N4O2/c1-23-21(27)22(8-4-9-22)28-15-6-7-19-16(12-15)17(13-26(19)2)18-11-14-5-3-10-24-20(14)25-18/h3,5-7,10-13H,4,8-9H2,1-2H3,(H,23,27)(H,24,25). The highest BCUT2D eigenvalue weighted by Gasteiger charge is 2.46. The highest BCUT2D eigenvalue weighted by Crippen LogP contribution is 2.39. The Morgan fingerprint density at radius 1 is 1.29 bits per heavy atom. The van der Waals surface area contributed by atoms with Crippen molar-refractivity contribution >= 4 is 27.8 Å². The van der Waals surface area contributed by atoms with Crippen LogP contribution >= 0.6 is 0 Å². The third kappa shape index (κ3) is 2.48. The Kier molecular flexibility index (Phi) is 3.69. The van der Waals surface area contributed by atoms with Gasteiger partial charge in [-0.05, 0) is 55.7 Å². The van der Waals surface area contributed by atoms with Crippen molar-refractivity contribution < 1.29 is 9.53 Å². The number of nitrogens with zero attached hydrogens (tertiary/aromatic N) is 2. The topological polar surface area (TPSA) is 71.9 Å². The lowest BCUT2D eigenvalue weighted by Gasteiger charge is -2.39. The SMILES string of the molecule is CNC(=O)C1(Oc2ccc3c(c2)c(-c2cc4cccnc4[nH]2)cn3C)CCC1. The molecule has 0 atom stereocenters. The first-order valence-electron chi connectivity index (χ1n) is 9.54. The van der Waals surface area contributed by atoms with Crippen LogP contribution in [0.2, 0.25) is 0 Å². The van der Waals surface area contributed by atoms with Gasteiger partial charge in [0.25, 0.3) is 5.91 Å². The van der Waals surface area contributed by atoms with Gasteiger partial charge < -0.3 is 19.6 Å². The van der Waals surface area contributed by atoms with Crippen LogP contribution in [0.3, 0.4) is 0 Å². The van der Waals surface area contributed by atoms with Gasteiger partial charge in [-0.2, -0.15) is 0 Å². The number of fused-ring (bicyclic) bond motifs is 2. The first-order valence-corrected chi connectivity index (χ1v) is 9.54. The predicted molar refractivity (Wildman–Crippen MR) is 109 cm³/mol. The molecular formula is C22H22N4O2. The molecular weight excluding hydrogens is 352 g/mol. The Bertz CT molecular complexity index is 1170. The maximum Gasteiger partial charge on any atom is 0.263 e. The molecule has 28 heavy (non-hydrogen) atoms. The number of H-pyrrole nitrogens is 1. The number of benzene rings is 1. The smallest absolute Gasteiger partial charge is 0.263 e. The van der Waals surface area contributed by atoms with E-state index in [2.05, 4.69) is 32.1 Å². The lowest BCUT2D eigenvalue weighted by molar-refractivity contribution is -0.143. The van der Waals surface area contributed by atoms with Gasteiger partial charge in [-0.1, -0.05) is 0 Å². The number of hydrogen-bond donors (Lipinski definition) is 2. The molecule has 1 aliphatic rings. The van der Waals surface area contributed by atoms with Gasteiger partial charge in [-0.25, -0.2) is 4.98 Å². The van der Waals surface area contributed by atoms with Crippen molar-refractivity contribution in [2.45, 2.75) is 24.9 Å². The normalized spacial score (nSPS) is 15.5. The van der Waals surface area contributed by atoms with E-state index in [1.807, 2.05) is 37.4 Å². The van der Waals surface area contributed by atoms with Crippen molar-refractivity contribution in [3.05, 3.63) is 48.8 Å². The minimum atomic E-state index is -0.734. The summed E-state index contributed by atoms with van der Waals surface area (Å²) in [5, 5.41) is 4.90. The van der Waals surface area contributed by atoms with Gasteiger partial charge in [0.2, 0.25) is 0 Å². The molecule has 1 aliphatic carbocycles. The monoisotopic (exact) mass is 374 g/mol. The van der Waals surface area contributed by atoms with Gasteiger partial charge >= 0.3 is 0 Å². The number of pyridine rings is 1. The van der Waals surface area contributed by atoms with E-state index in [-0.39, 0.29) is 5.91 Å². The molecule has 0 saturated heterocycles. The van der Waals surface area contributed by atoms with Crippen LogP contribution in [-0.4, -0.2) is 33.1 Å². The van der Waals surface area contributed by atoms with E-state index in [4.69, 9.17) is 4.74 Å². The van der Waals surface area contributed by atoms with E-state index in [0.29, 0.717) is 0 Å². The third-order valence-corrected chi connectivity index (χ3v) is 5.76. The van der Waals surface area contributed by atoms with Crippen LogP contribution in [0, 0.1) is 0 Å². The second-order valence-electron chi connectivity index (χ2n) is 7.49. The summed E-state index contributed by atoms with van der Waals surface area (Å²) >= 11 is 0. The molecule has 1 fully saturated rings. The van der Waals surface area contributed by atoms with Crippen LogP contribution in [0.1, 0.15) is 19.3 Å². The van der Waals surface area contributed by atoms with E-state index in [1.54, 1.807) is 13.2 Å². The molecule has 3 aromatic heterocycles. The van der Waals surface area contributed by atoms with Gasteiger partial charge in [-0.15, -0.1) is 0 Å². The fourth-order valence-electron chi connectivity index (χ4n) is 4.08. The minimum absolute atomic E-state index is 0.0474. The summed E-state index contributed by atoms with van der Waals surface area (Å²) < 4.78 is 8.32. The van der Waals surface area contributed by atoms with Crippen molar-refractivity contribution in [2.75, 3.05) is 7.05 Å². The molecule has 3 heterocycles. The van der Waals surface area contributed by atoms with Crippen LogP contribution in [0.25, 0.3) is 33.2 Å². The first kappa shape index (κ1) is 16.9. The molecule has 1 aromatic carbocycles. The van der Waals surface area contributed by atoms with Crippen LogP contribution in [0.4, 0.5) is 0 Å². The second-order valence-corrected chi connectivity index (χ2v) is 7.49. The van der Waals surface area contributed by atoms with Gasteiger partial charge in [-0.3, -0.25) is 4.79 Å². The Morgan fingerprint density at radius 2 is 2.14 bits per heavy atom. The maximum absolute atomic E-state index is 12.3. The van der Waals surface area contributed by atoms with E-state index in [9.17, 15) is 4.79 Å². The number of ether oxygens (including phenoxy) is 1. The first-order chi connectivity index (χ1) is 13.6. The summed E-state index contributed by atoms with van der Waals surface area (Å²) in [4.78, 5) is 20.1. The number of nitrogens with one attached hydrogen (secondary N) is 2. The van der Waals surface area contributed by atoms with Crippen LogP contribution < -0.4 is 10.1 Å². The minimum Gasteiger partial charge on any atom is -0.477 e. The van der Waals surface area contributed by atoms with Gasteiger partial charge in [0.15, 0.2) is 5.60 Å². The largest absolute Gasteiger partial charge is 0.477 e. The Hall–Kier alpha value is -3.28. The predicted octanol–water partition coefficient (Wildman–Crippen LogP) is 3.77. The Morgan fingerprint density at radius 3 is 2.86 bits per heavy atom. The lowest BCUT2D eigenvalue weighted by atomic mass is 9.79. The number of aromatic nitrogens is 3. The lowest BCUT2D eigenvalue weighted by Crippen LogP contribution is -2.55. The fraction of sp³-hybridized carbons (Fsp3) is 0.273. The quantitative estimate of drug-likeness (QED) is 0.571. The van der Waals surface area contributed by atoms with E-state index in [0.717, 1.165) is 58.2 Å². The summed E-state index contributed by atoms with van der Waals surface area (Å²) in [6.45, 7) is 0. The molecule has 4 aromatic rings. The summed E-state index contributed by atoms with van der Waals surface area (Å²) in [5.41, 5.74) is 3.35. The number of likely N-dealkylation sites (N-methyl/N-ethyl adjacent to an activating group) is 1. The van der Waals surface area contributed by atoms with E-state index in [1.165, 1.54) is 0 Å². The number of amides is 1. The summed E-state index contributed by atoms with van der Waals surface area (Å²) in [7, 11) is 3.69. The van der Waals surface area contributed by atoms with Gasteiger partial charge in [0.1, 0.15) is 11.4 Å². The fourth-order valence-corrected chi connectivity index (χ4v) is 4.08. The number of rotatable bonds is 4. The highest BCUT2D eigenvalue weighted by molar-refractivity contribution is 5.98. The zero-order chi connectivity index (χ0) is 19.3. The molecule has 5 rings (SSSR count). The second kappa shape index (κ2) is 6.12. The maximum atomic E-state index is 12.3. The van der Waals surface area contributed by atoms with Crippen LogP contribution in [0.5, 0.6) is 5.75 Å². The number of carbonyl (C=O) groups is 1. The van der Waals surface area contributed by atoms with Gasteiger partial charge in [0.05, 0.1) is 0 Å². The average molecular weight is 374 g/mol. The van der Waals surface area contributed by atoms with Crippen molar-refractivity contribution in [2.24, 2.45) is 7.05 Å². The molecule has 0 aliphatic heterocycles. The number of hydrogen-bond acceptors (Lipinski definition) is 3. The van der Waals surface area contributed by atoms with Crippen LogP contribution in [-0.2, 0) is 11.8 Å². The van der Waals surface area contributed by atoms with Crippen molar-refractivity contribution in [3.8, 4) is 17.0 Å². The van der Waals surface area contributed by atoms with E-state index >= 15 is 0 Å². The molecule has 0 bridgehead atoms. The number of carbonyl (C=O) groups excluding carboxylic acids is 1. The molecule has 0 unspecified atom stereocenters. The summed E-state index contributed by atoms with van der Waals surface area (Å²) in [5.74, 6) is 0.673. The molecule has 1 amide bonds. The molecule has 1 saturated carbocycles. The third-order valence-electron chi connectivity index (χ3n) is 5.76. The van der Waals surface area contributed by atoms with Crippen molar-refractivity contribution in [3.63, 3.8) is 0 Å². The summed E-state index contributed by atoms with van der Waals surface area (Å²) in [6, 6.07) is 12.1. The number of aromatic amines is 1. The Labute approximate surface area is 162 Å². The average Bonchev–Trinajstić information content (AvgIpc) is 3.25.